The minimum atomic E-state index is -2.76. The van der Waals surface area contributed by atoms with Crippen molar-refractivity contribution in [1.82, 2.24) is 10.6 Å². The highest BCUT2D eigenvalue weighted by molar-refractivity contribution is 6.61. The largest absolute Gasteiger partial charge is 0.500 e. The standard InChI is InChI=1S/C30H64N2O10Si2/c1-11-30(12-2,42-28(34)32-23-20-26-44(39-16-6,40-17-7)41-18-8)21-24-35-29(9,10)27(33)31-22-19-25-43(36-13-3,37-14-4)38-15-5/h11-26H2,1-10H3,(H,31,33)(H,32,34). The summed E-state index contributed by atoms with van der Waals surface area (Å²) in [6.45, 7) is 23.2. The predicted octanol–water partition coefficient (Wildman–Crippen LogP) is 5.45. The molecule has 0 saturated heterocycles. The molecule has 12 nitrogen and oxygen atoms in total. The van der Waals surface area contributed by atoms with Gasteiger partial charge in [0.05, 0.1) is 6.61 Å². The van der Waals surface area contributed by atoms with Gasteiger partial charge in [-0.1, -0.05) is 13.8 Å². The first-order valence-corrected chi connectivity index (χ1v) is 20.5. The Kier molecular flexibility index (Phi) is 22.7. The summed E-state index contributed by atoms with van der Waals surface area (Å²) in [4.78, 5) is 25.7. The predicted molar refractivity (Wildman–Crippen MR) is 176 cm³/mol. The average molecular weight is 669 g/mol. The number of ether oxygens (including phenoxy) is 2. The topological polar surface area (TPSA) is 132 Å². The number of carbonyl (C=O) groups is 2. The molecule has 0 aromatic carbocycles. The molecular formula is C30H64N2O10Si2. The van der Waals surface area contributed by atoms with Crippen molar-refractivity contribution in [1.29, 1.82) is 0 Å². The molecule has 0 unspecified atom stereocenters. The molecule has 0 aromatic rings. The molecule has 0 heterocycles. The molecule has 2 N–H and O–H groups in total. The minimum Gasteiger partial charge on any atom is -0.443 e. The first kappa shape index (κ1) is 42.9. The van der Waals surface area contributed by atoms with E-state index in [-0.39, 0.29) is 12.5 Å². The van der Waals surface area contributed by atoms with E-state index in [2.05, 4.69) is 10.6 Å². The molecule has 0 aliphatic carbocycles. The first-order chi connectivity index (χ1) is 20.9. The van der Waals surface area contributed by atoms with Crippen LogP contribution in [0.2, 0.25) is 12.1 Å². The van der Waals surface area contributed by atoms with Crippen LogP contribution in [0.5, 0.6) is 0 Å². The Morgan fingerprint density at radius 1 is 0.614 bits per heavy atom. The van der Waals surface area contributed by atoms with Crippen LogP contribution in [0.3, 0.4) is 0 Å². The van der Waals surface area contributed by atoms with Crippen molar-refractivity contribution < 1.29 is 45.6 Å². The van der Waals surface area contributed by atoms with Gasteiger partial charge in [0.1, 0.15) is 11.2 Å². The van der Waals surface area contributed by atoms with E-state index in [1.165, 1.54) is 0 Å². The molecule has 0 saturated carbocycles. The number of carbonyl (C=O) groups excluding carboxylic acids is 2. The fourth-order valence-corrected chi connectivity index (χ4v) is 10.0. The lowest BCUT2D eigenvalue weighted by Gasteiger charge is -2.33. The molecule has 0 aliphatic heterocycles. The number of nitrogens with one attached hydrogen (secondary N) is 2. The lowest BCUT2D eigenvalue weighted by atomic mass is 9.93. The highest BCUT2D eigenvalue weighted by Crippen LogP contribution is 2.26. The van der Waals surface area contributed by atoms with Gasteiger partial charge in [0.25, 0.3) is 5.91 Å². The fourth-order valence-electron chi connectivity index (χ4n) is 4.81. The molecule has 0 aliphatic rings. The lowest BCUT2D eigenvalue weighted by molar-refractivity contribution is -0.145. The SMILES string of the molecule is CCO[Si](CCCNC(=O)OC(CC)(CC)CCOC(C)(C)C(=O)NCCC[Si](OCC)(OCC)OCC)(OCC)OCC. The summed E-state index contributed by atoms with van der Waals surface area (Å²) in [5.41, 5.74) is -1.76. The molecule has 0 bridgehead atoms. The molecule has 14 heteroatoms. The van der Waals surface area contributed by atoms with Crippen molar-refractivity contribution in [2.45, 2.75) is 125 Å². The zero-order chi connectivity index (χ0) is 33.5. The van der Waals surface area contributed by atoms with Crippen LogP contribution in [0.25, 0.3) is 0 Å². The average Bonchev–Trinajstić information content (AvgIpc) is 2.97. The molecular weight excluding hydrogens is 605 g/mol. The normalized spacial score (nSPS) is 12.8. The molecule has 0 rings (SSSR count). The van der Waals surface area contributed by atoms with Crippen LogP contribution in [0.1, 0.15) is 101 Å². The second-order valence-corrected chi connectivity index (χ2v) is 16.2. The number of hydrogen-bond acceptors (Lipinski definition) is 10. The van der Waals surface area contributed by atoms with Gasteiger partial charge in [0, 0.05) is 71.2 Å². The quantitative estimate of drug-likeness (QED) is 0.0820. The van der Waals surface area contributed by atoms with Crippen LogP contribution in [-0.4, -0.2) is 100 Å². The van der Waals surface area contributed by atoms with E-state index < -0.39 is 34.9 Å². The fraction of sp³-hybridized carbons (Fsp3) is 0.933. The molecule has 0 spiro atoms. The smallest absolute Gasteiger partial charge is 0.443 e. The van der Waals surface area contributed by atoms with Crippen LogP contribution in [0, 0.1) is 0 Å². The summed E-state index contributed by atoms with van der Waals surface area (Å²) in [7, 11) is -5.51. The Balaban J connectivity index is 4.84. The van der Waals surface area contributed by atoms with Crippen molar-refractivity contribution in [3.63, 3.8) is 0 Å². The van der Waals surface area contributed by atoms with Crippen LogP contribution < -0.4 is 10.6 Å². The second kappa shape index (κ2) is 23.2. The number of amides is 2. The third-order valence-corrected chi connectivity index (χ3v) is 13.5. The Morgan fingerprint density at radius 3 is 1.36 bits per heavy atom. The molecule has 44 heavy (non-hydrogen) atoms. The third kappa shape index (κ3) is 15.9. The highest BCUT2D eigenvalue weighted by atomic mass is 28.4. The van der Waals surface area contributed by atoms with E-state index in [0.717, 1.165) is 0 Å². The number of alkyl carbamates (subject to hydrolysis) is 1. The van der Waals surface area contributed by atoms with Gasteiger partial charge in [0.2, 0.25) is 0 Å². The summed E-state index contributed by atoms with van der Waals surface area (Å²) in [6, 6.07) is 1.22. The van der Waals surface area contributed by atoms with E-state index in [4.69, 9.17) is 36.0 Å². The molecule has 0 atom stereocenters. The third-order valence-electron chi connectivity index (χ3n) is 7.23. The van der Waals surface area contributed by atoms with E-state index in [1.807, 2.05) is 55.4 Å². The first-order valence-electron chi connectivity index (χ1n) is 16.6. The highest BCUT2D eigenvalue weighted by Gasteiger charge is 2.41. The maximum absolute atomic E-state index is 12.9. The van der Waals surface area contributed by atoms with Gasteiger partial charge in [-0.3, -0.25) is 4.79 Å². The van der Waals surface area contributed by atoms with Gasteiger partial charge in [0.15, 0.2) is 0 Å². The number of hydrogen-bond donors (Lipinski definition) is 2. The summed E-state index contributed by atoms with van der Waals surface area (Å²) in [5, 5.41) is 5.82. The van der Waals surface area contributed by atoms with Gasteiger partial charge in [-0.2, -0.15) is 0 Å². The maximum atomic E-state index is 12.9. The van der Waals surface area contributed by atoms with E-state index >= 15 is 0 Å². The van der Waals surface area contributed by atoms with E-state index in [9.17, 15) is 9.59 Å². The van der Waals surface area contributed by atoms with Crippen molar-refractivity contribution in [2.24, 2.45) is 0 Å². The van der Waals surface area contributed by atoms with E-state index in [0.29, 0.717) is 96.9 Å². The van der Waals surface area contributed by atoms with Gasteiger partial charge < -0.3 is 46.7 Å². The molecule has 262 valence electrons. The van der Waals surface area contributed by atoms with Gasteiger partial charge in [-0.25, -0.2) is 4.79 Å². The van der Waals surface area contributed by atoms with Crippen LogP contribution in [-0.2, 0) is 40.8 Å². The van der Waals surface area contributed by atoms with Gasteiger partial charge in [-0.05, 0) is 81.1 Å². The Hall–Kier alpha value is -1.11. The van der Waals surface area contributed by atoms with Crippen LogP contribution >= 0.6 is 0 Å². The molecule has 0 fully saturated rings. The molecule has 2 amide bonds. The summed E-state index contributed by atoms with van der Waals surface area (Å²) >= 11 is 0. The zero-order valence-electron chi connectivity index (χ0n) is 29.4. The van der Waals surface area contributed by atoms with E-state index in [1.54, 1.807) is 13.8 Å². The Labute approximate surface area is 269 Å². The summed E-state index contributed by atoms with van der Waals surface area (Å²) in [5.74, 6) is -0.211. The minimum absolute atomic E-state index is 0.211. The van der Waals surface area contributed by atoms with Gasteiger partial charge in [-0.15, -0.1) is 0 Å². The molecule has 0 aromatic heterocycles. The van der Waals surface area contributed by atoms with Gasteiger partial charge >= 0.3 is 23.7 Å². The molecule has 0 radical (unpaired) electrons. The van der Waals surface area contributed by atoms with Crippen molar-refractivity contribution in [3.05, 3.63) is 0 Å². The van der Waals surface area contributed by atoms with Crippen LogP contribution in [0.4, 0.5) is 4.79 Å². The Morgan fingerprint density at radius 2 is 1.00 bits per heavy atom. The summed E-state index contributed by atoms with van der Waals surface area (Å²) in [6.07, 6.45) is 2.53. The monoisotopic (exact) mass is 668 g/mol. The van der Waals surface area contributed by atoms with Crippen molar-refractivity contribution in [3.8, 4) is 0 Å². The van der Waals surface area contributed by atoms with Crippen molar-refractivity contribution >= 4 is 29.6 Å². The maximum Gasteiger partial charge on any atom is 0.500 e. The lowest BCUT2D eigenvalue weighted by Crippen LogP contribution is -2.48. The van der Waals surface area contributed by atoms with Crippen molar-refractivity contribution in [2.75, 3.05) is 59.3 Å². The summed E-state index contributed by atoms with van der Waals surface area (Å²) < 4.78 is 47.3. The number of rotatable bonds is 28. The zero-order valence-corrected chi connectivity index (χ0v) is 31.4. The second-order valence-electron chi connectivity index (χ2n) is 10.7. The Bertz CT molecular complexity index is 738. The van der Waals surface area contributed by atoms with Crippen LogP contribution in [0.15, 0.2) is 0 Å².